The van der Waals surface area contributed by atoms with Gasteiger partial charge in [0.2, 0.25) is 5.16 Å². The van der Waals surface area contributed by atoms with Crippen molar-refractivity contribution in [2.24, 2.45) is 0 Å². The topological polar surface area (TPSA) is 90.9 Å². The molecular formula is C6H10N4O2S2. The highest BCUT2D eigenvalue weighted by Crippen LogP contribution is 2.28. The second-order valence-corrected chi connectivity index (χ2v) is 6.66. The summed E-state index contributed by atoms with van der Waals surface area (Å²) in [5.74, 6) is 5.99. The Bertz CT molecular complexity index is 427. The maximum absolute atomic E-state index is 11.2. The molecule has 6 nitrogen and oxygen atoms in total. The summed E-state index contributed by atoms with van der Waals surface area (Å²) in [4.78, 5) is 0. The Labute approximate surface area is 85.8 Å². The van der Waals surface area contributed by atoms with Crippen molar-refractivity contribution in [2.75, 3.05) is 17.3 Å². The molecule has 1 aliphatic rings. The van der Waals surface area contributed by atoms with E-state index in [1.54, 1.807) is 0 Å². The number of hydrogen-bond donors (Lipinski definition) is 1. The van der Waals surface area contributed by atoms with Crippen LogP contribution in [0.2, 0.25) is 0 Å². The van der Waals surface area contributed by atoms with Crippen molar-refractivity contribution in [2.45, 2.75) is 16.8 Å². The van der Waals surface area contributed by atoms with E-state index in [4.69, 9.17) is 5.84 Å². The van der Waals surface area contributed by atoms with Crippen LogP contribution in [0.1, 0.15) is 6.42 Å². The third-order valence-electron chi connectivity index (χ3n) is 2.00. The molecule has 1 unspecified atom stereocenters. The molecule has 1 aromatic heterocycles. The number of thioether (sulfide) groups is 1. The van der Waals surface area contributed by atoms with Gasteiger partial charge < -0.3 is 5.84 Å². The third-order valence-corrected chi connectivity index (χ3v) is 5.22. The fourth-order valence-corrected chi connectivity index (χ4v) is 4.70. The van der Waals surface area contributed by atoms with Gasteiger partial charge in [0, 0.05) is 5.25 Å². The van der Waals surface area contributed by atoms with Crippen LogP contribution in [0.4, 0.5) is 0 Å². The zero-order chi connectivity index (χ0) is 10.2. The highest BCUT2D eigenvalue weighted by molar-refractivity contribution is 8.01. The van der Waals surface area contributed by atoms with Gasteiger partial charge in [0.05, 0.1) is 11.5 Å². The first-order chi connectivity index (χ1) is 6.57. The minimum Gasteiger partial charge on any atom is -0.336 e. The van der Waals surface area contributed by atoms with Crippen LogP contribution in [-0.2, 0) is 9.84 Å². The van der Waals surface area contributed by atoms with Gasteiger partial charge in [-0.1, -0.05) is 11.8 Å². The van der Waals surface area contributed by atoms with Crippen LogP contribution in [0.3, 0.4) is 0 Å². The van der Waals surface area contributed by atoms with E-state index >= 15 is 0 Å². The summed E-state index contributed by atoms with van der Waals surface area (Å²) in [5, 5.41) is 8.02. The lowest BCUT2D eigenvalue weighted by molar-refractivity contribution is 0.602. The number of rotatable bonds is 2. The van der Waals surface area contributed by atoms with Crippen LogP contribution >= 0.6 is 11.8 Å². The Morgan fingerprint density at radius 2 is 2.43 bits per heavy atom. The molecule has 0 aliphatic carbocycles. The van der Waals surface area contributed by atoms with Crippen molar-refractivity contribution >= 4 is 21.6 Å². The predicted molar refractivity (Wildman–Crippen MR) is 53.1 cm³/mol. The van der Waals surface area contributed by atoms with Crippen LogP contribution in [0.25, 0.3) is 0 Å². The SMILES string of the molecule is Nn1cnnc1SC1CCS(=O)(=O)C1. The molecule has 1 fully saturated rings. The molecule has 0 saturated carbocycles. The van der Waals surface area contributed by atoms with Gasteiger partial charge in [0.25, 0.3) is 0 Å². The summed E-state index contributed by atoms with van der Waals surface area (Å²) in [6.07, 6.45) is 2.06. The average Bonchev–Trinajstić information content (AvgIpc) is 2.61. The summed E-state index contributed by atoms with van der Waals surface area (Å²) >= 11 is 1.37. The van der Waals surface area contributed by atoms with Crippen molar-refractivity contribution < 1.29 is 8.42 Å². The average molecular weight is 234 g/mol. The summed E-state index contributed by atoms with van der Waals surface area (Å²) in [6.45, 7) is 0. The lowest BCUT2D eigenvalue weighted by Crippen LogP contribution is -2.12. The molecule has 0 aromatic carbocycles. The van der Waals surface area contributed by atoms with Crippen molar-refractivity contribution in [3.8, 4) is 0 Å². The second-order valence-electron chi connectivity index (χ2n) is 3.16. The minimum absolute atomic E-state index is 0.0616. The molecule has 1 atom stereocenters. The van der Waals surface area contributed by atoms with Gasteiger partial charge in [-0.25, -0.2) is 13.1 Å². The molecule has 1 aliphatic heterocycles. The maximum atomic E-state index is 11.2. The van der Waals surface area contributed by atoms with Crippen LogP contribution in [0.5, 0.6) is 0 Å². The fraction of sp³-hybridized carbons (Fsp3) is 0.667. The number of nitrogens with zero attached hydrogens (tertiary/aromatic N) is 3. The van der Waals surface area contributed by atoms with E-state index in [0.29, 0.717) is 11.6 Å². The van der Waals surface area contributed by atoms with Crippen molar-refractivity contribution in [1.82, 2.24) is 14.9 Å². The van der Waals surface area contributed by atoms with E-state index < -0.39 is 9.84 Å². The second kappa shape index (κ2) is 3.43. The van der Waals surface area contributed by atoms with Crippen LogP contribution in [0.15, 0.2) is 11.5 Å². The smallest absolute Gasteiger partial charge is 0.209 e. The van der Waals surface area contributed by atoms with Crippen molar-refractivity contribution in [3.63, 3.8) is 0 Å². The molecule has 8 heteroatoms. The zero-order valence-electron chi connectivity index (χ0n) is 7.33. The summed E-state index contributed by atoms with van der Waals surface area (Å²) in [5.41, 5.74) is 0. The van der Waals surface area contributed by atoms with E-state index in [0.717, 1.165) is 0 Å². The summed E-state index contributed by atoms with van der Waals surface area (Å²) in [7, 11) is -2.83. The van der Waals surface area contributed by atoms with E-state index in [-0.39, 0.29) is 16.8 Å². The maximum Gasteiger partial charge on any atom is 0.209 e. The van der Waals surface area contributed by atoms with Gasteiger partial charge in [-0.05, 0) is 6.42 Å². The van der Waals surface area contributed by atoms with Crippen molar-refractivity contribution in [3.05, 3.63) is 6.33 Å². The largest absolute Gasteiger partial charge is 0.336 e. The number of aromatic nitrogens is 3. The molecule has 2 rings (SSSR count). The Hall–Kier alpha value is -0.760. The molecule has 1 aromatic rings. The van der Waals surface area contributed by atoms with Crippen LogP contribution in [-0.4, -0.2) is 40.0 Å². The fourth-order valence-electron chi connectivity index (χ4n) is 1.32. The number of nitrogen functional groups attached to an aromatic ring is 1. The zero-order valence-corrected chi connectivity index (χ0v) is 8.96. The summed E-state index contributed by atoms with van der Waals surface area (Å²) < 4.78 is 23.6. The standard InChI is InChI=1S/C6H10N4O2S2/c7-10-4-8-9-6(10)13-5-1-2-14(11,12)3-5/h4-5H,1-3,7H2. The summed E-state index contributed by atoms with van der Waals surface area (Å²) in [6, 6.07) is 0. The molecule has 2 heterocycles. The minimum atomic E-state index is -2.83. The van der Waals surface area contributed by atoms with Gasteiger partial charge >= 0.3 is 0 Å². The normalized spacial score (nSPS) is 25.3. The molecular weight excluding hydrogens is 224 g/mol. The molecule has 14 heavy (non-hydrogen) atoms. The first-order valence-corrected chi connectivity index (χ1v) is 6.79. The van der Waals surface area contributed by atoms with E-state index in [9.17, 15) is 8.42 Å². The molecule has 0 spiro atoms. The van der Waals surface area contributed by atoms with Crippen LogP contribution in [0, 0.1) is 0 Å². The van der Waals surface area contributed by atoms with Crippen molar-refractivity contribution in [1.29, 1.82) is 0 Å². The van der Waals surface area contributed by atoms with Gasteiger partial charge in [-0.2, -0.15) is 0 Å². The predicted octanol–water partition coefficient (Wildman–Crippen LogP) is -0.729. The molecule has 0 amide bonds. The Morgan fingerprint density at radius 3 is 2.93 bits per heavy atom. The first kappa shape index (κ1) is 9.78. The molecule has 2 N–H and O–H groups in total. The monoisotopic (exact) mass is 234 g/mol. The number of hydrogen-bond acceptors (Lipinski definition) is 6. The van der Waals surface area contributed by atoms with Gasteiger partial charge in [-0.3, -0.25) is 0 Å². The molecule has 0 radical (unpaired) electrons. The highest BCUT2D eigenvalue weighted by Gasteiger charge is 2.29. The van der Waals surface area contributed by atoms with E-state index in [1.807, 2.05) is 0 Å². The quantitative estimate of drug-likeness (QED) is 0.678. The van der Waals surface area contributed by atoms with Gasteiger partial charge in [0.15, 0.2) is 9.84 Å². The Kier molecular flexibility index (Phi) is 2.40. The van der Waals surface area contributed by atoms with Gasteiger partial charge in [0.1, 0.15) is 6.33 Å². The van der Waals surface area contributed by atoms with E-state index in [2.05, 4.69) is 10.2 Å². The molecule has 1 saturated heterocycles. The van der Waals surface area contributed by atoms with E-state index in [1.165, 1.54) is 22.8 Å². The third kappa shape index (κ3) is 2.01. The number of nitrogens with two attached hydrogens (primary N) is 1. The Morgan fingerprint density at radius 1 is 1.64 bits per heavy atom. The molecule has 0 bridgehead atoms. The molecule has 78 valence electrons. The lowest BCUT2D eigenvalue weighted by atomic mass is 10.4. The van der Waals surface area contributed by atoms with Gasteiger partial charge in [-0.15, -0.1) is 10.2 Å². The Balaban J connectivity index is 2.04. The highest BCUT2D eigenvalue weighted by atomic mass is 32.2. The first-order valence-electron chi connectivity index (χ1n) is 4.09. The number of sulfone groups is 1. The van der Waals surface area contributed by atoms with Crippen LogP contribution < -0.4 is 5.84 Å². The lowest BCUT2D eigenvalue weighted by Gasteiger charge is -2.04.